The Balaban J connectivity index is 0.00000946. The summed E-state index contributed by atoms with van der Waals surface area (Å²) in [4.78, 5) is 9.79. The van der Waals surface area contributed by atoms with Crippen molar-refractivity contribution in [2.24, 2.45) is 0 Å². The average Bonchev–Trinajstić information content (AvgIpc) is 3.72. The molecule has 0 saturated carbocycles. The first-order valence-electron chi connectivity index (χ1n) is 29.4. The molecule has 0 unspecified atom stereocenters. The number of aromatic hydroxyl groups is 1. The number of phenolic OH excluding ortho intramolecular Hbond substituents is 1. The predicted octanol–water partition coefficient (Wildman–Crippen LogP) is 14.2. The van der Waals surface area contributed by atoms with Gasteiger partial charge >= 0.3 is 0 Å². The van der Waals surface area contributed by atoms with Crippen molar-refractivity contribution >= 4 is 11.0 Å². The molecule has 0 saturated heterocycles. The summed E-state index contributed by atoms with van der Waals surface area (Å²) in [6, 6.07) is 29.9. The molecule has 2 heterocycles. The van der Waals surface area contributed by atoms with Crippen LogP contribution < -0.4 is 0 Å². The van der Waals surface area contributed by atoms with E-state index in [1.165, 1.54) is 42.6 Å². The van der Waals surface area contributed by atoms with Crippen LogP contribution in [0.25, 0.3) is 72.7 Å². The van der Waals surface area contributed by atoms with Gasteiger partial charge in [0, 0.05) is 63.2 Å². The number of pyridine rings is 1. The van der Waals surface area contributed by atoms with Gasteiger partial charge in [0.25, 0.3) is 0 Å². The topological polar surface area (TPSA) is 50.9 Å². The number of rotatable bonds is 6. The summed E-state index contributed by atoms with van der Waals surface area (Å²) in [5, 5.41) is 11.5. The minimum atomic E-state index is -3.86. The molecule has 300 valence electrons. The normalized spacial score (nSPS) is 18.8. The third-order valence-electron chi connectivity index (χ3n) is 9.94. The van der Waals surface area contributed by atoms with Crippen molar-refractivity contribution in [3.63, 3.8) is 0 Å². The number of hydrogen-bond donors (Lipinski definition) is 1. The standard InChI is InChI=1S/C54H52N3O.Pt/c1-52(2,3)40-24-22-35(23-25-40)37-28-29-55-46(33-37)39-30-38(31-42(32-39)54(7,8)9)43-19-15-20-48-50(43)56-51(44-18-13-14-21-49(44)58)57(48)47-27-26-41(53(4,5)6)34-45(47)36-16-11-10-12-17-36;/h10-29,31-34,58H,1-9H3;/q-1;/i1D3,2D3,3D3,4D3,5D3,6D3,22D,23D,24D,25D;. The van der Waals surface area contributed by atoms with Crippen LogP contribution in [0, 0.1) is 6.07 Å². The van der Waals surface area contributed by atoms with Crippen LogP contribution in [0.1, 0.15) is 109 Å². The largest absolute Gasteiger partial charge is 0.507 e. The van der Waals surface area contributed by atoms with Crippen LogP contribution >= 0.6 is 0 Å². The van der Waals surface area contributed by atoms with Gasteiger partial charge in [0.15, 0.2) is 0 Å². The van der Waals surface area contributed by atoms with Crippen molar-refractivity contribution in [3.8, 4) is 67.5 Å². The van der Waals surface area contributed by atoms with E-state index in [2.05, 4.69) is 11.1 Å². The molecule has 8 rings (SSSR count). The third kappa shape index (κ3) is 8.34. The number of benzene rings is 6. The molecule has 6 aromatic carbocycles. The summed E-state index contributed by atoms with van der Waals surface area (Å²) in [6.07, 6.45) is 1.33. The maximum absolute atomic E-state index is 11.5. The molecule has 0 amide bonds. The van der Waals surface area contributed by atoms with Crippen molar-refractivity contribution < 1.29 is 56.3 Å². The van der Waals surface area contributed by atoms with Crippen LogP contribution in [0.3, 0.4) is 0 Å². The molecule has 0 aliphatic heterocycles. The number of phenols is 1. The smallest absolute Gasteiger partial charge is 0.148 e. The zero-order valence-corrected chi connectivity index (χ0v) is 34.4. The molecular weight excluding hydrogens is 902 g/mol. The Labute approximate surface area is 395 Å². The van der Waals surface area contributed by atoms with E-state index in [4.69, 9.17) is 35.1 Å². The molecular formula is C54H52N3OPt-. The zero-order chi connectivity index (χ0) is 59.5. The van der Waals surface area contributed by atoms with E-state index in [0.29, 0.717) is 39.0 Å². The number of nitrogens with zero attached hydrogens (tertiary/aromatic N) is 3. The first kappa shape index (κ1) is 22.1. The van der Waals surface area contributed by atoms with Crippen LogP contribution in [-0.2, 0) is 37.3 Å². The van der Waals surface area contributed by atoms with Gasteiger partial charge in [-0.15, -0.1) is 29.3 Å². The number of para-hydroxylation sites is 2. The van der Waals surface area contributed by atoms with Crippen molar-refractivity contribution in [2.45, 2.75) is 78.1 Å². The fourth-order valence-electron chi connectivity index (χ4n) is 6.88. The molecule has 0 aliphatic rings. The number of imidazole rings is 1. The van der Waals surface area contributed by atoms with Gasteiger partial charge in [-0.3, -0.25) is 9.55 Å². The molecule has 1 N–H and O–H groups in total. The second-order valence-electron chi connectivity index (χ2n) is 15.2. The number of hydrogen-bond acceptors (Lipinski definition) is 3. The average molecular weight is 976 g/mol. The monoisotopic (exact) mass is 976 g/mol. The Bertz CT molecular complexity index is 3600. The molecule has 2 aromatic heterocycles. The van der Waals surface area contributed by atoms with Gasteiger partial charge in [-0.05, 0) is 80.5 Å². The van der Waals surface area contributed by atoms with Gasteiger partial charge in [-0.2, -0.15) is 0 Å². The van der Waals surface area contributed by atoms with Gasteiger partial charge in [-0.25, -0.2) is 4.98 Å². The van der Waals surface area contributed by atoms with Crippen molar-refractivity contribution in [1.29, 1.82) is 0 Å². The number of fused-ring (bicyclic) bond motifs is 1. The SMILES string of the molecule is [2H]c1c([2H])c(C(C([2H])([2H])[2H])(C([2H])([2H])[2H])C([2H])([2H])[2H])c([2H])c([2H])c1-c1ccnc(-c2[c-]c(-c3cccc4c3nc(-c3ccccc3O)n4-c3ccc(C(C([2H])([2H])[2H])(C([2H])([2H])[2H])C([2H])([2H])[2H])cc3-c3ccccc3)cc(C(C)(C)C)c2)c1.[Pt]. The Hall–Kier alpha value is -5.57. The van der Waals surface area contributed by atoms with E-state index >= 15 is 0 Å². The Morgan fingerprint density at radius 2 is 1.27 bits per heavy atom. The zero-order valence-electron chi connectivity index (χ0n) is 54.2. The van der Waals surface area contributed by atoms with Gasteiger partial charge in [-0.1, -0.05) is 164 Å². The van der Waals surface area contributed by atoms with E-state index in [9.17, 15) is 5.11 Å². The molecule has 0 radical (unpaired) electrons. The molecule has 0 fully saturated rings. The van der Waals surface area contributed by atoms with Crippen molar-refractivity contribution in [1.82, 2.24) is 14.5 Å². The summed E-state index contributed by atoms with van der Waals surface area (Å²) in [5.74, 6) is -0.00246. The molecule has 4 nitrogen and oxygen atoms in total. The molecule has 8 aromatic rings. The van der Waals surface area contributed by atoms with Crippen molar-refractivity contribution in [2.75, 3.05) is 0 Å². The fraction of sp³-hybridized carbons (Fsp3) is 0.222. The summed E-state index contributed by atoms with van der Waals surface area (Å²) in [5.41, 5.74) is -5.66. The first-order chi connectivity index (χ1) is 36.7. The van der Waals surface area contributed by atoms with Crippen molar-refractivity contribution in [3.05, 3.63) is 168 Å². The quantitative estimate of drug-likeness (QED) is 0.169. The van der Waals surface area contributed by atoms with Gasteiger partial charge in [0.1, 0.15) is 11.6 Å². The first-order valence-corrected chi connectivity index (χ1v) is 18.4. The van der Waals surface area contributed by atoms with Crippen LogP contribution in [0.2, 0.25) is 0 Å². The van der Waals surface area contributed by atoms with E-state index < -0.39 is 98.2 Å². The summed E-state index contributed by atoms with van der Waals surface area (Å²) < 4.78 is 188. The van der Waals surface area contributed by atoms with Gasteiger partial charge in [0.2, 0.25) is 0 Å². The molecule has 0 bridgehead atoms. The maximum atomic E-state index is 11.5. The number of aromatic nitrogens is 3. The Morgan fingerprint density at radius 3 is 1.98 bits per heavy atom. The van der Waals surface area contributed by atoms with E-state index in [1.54, 1.807) is 71.3 Å². The second-order valence-corrected chi connectivity index (χ2v) is 15.2. The van der Waals surface area contributed by atoms with E-state index in [1.807, 2.05) is 32.9 Å². The van der Waals surface area contributed by atoms with E-state index in [0.717, 1.165) is 5.56 Å². The molecule has 0 aliphatic carbocycles. The molecule has 59 heavy (non-hydrogen) atoms. The molecule has 5 heteroatoms. The minimum Gasteiger partial charge on any atom is -0.507 e. The minimum absolute atomic E-state index is 0. The Kier molecular flexibility index (Phi) is 5.96. The van der Waals surface area contributed by atoms with Gasteiger partial charge < -0.3 is 5.11 Å². The summed E-state index contributed by atoms with van der Waals surface area (Å²) in [7, 11) is 0. The fourth-order valence-corrected chi connectivity index (χ4v) is 6.88. The van der Waals surface area contributed by atoms with Crippen LogP contribution in [0.5, 0.6) is 5.75 Å². The van der Waals surface area contributed by atoms with Crippen LogP contribution in [0.4, 0.5) is 0 Å². The maximum Gasteiger partial charge on any atom is 0.148 e. The summed E-state index contributed by atoms with van der Waals surface area (Å²) in [6.45, 7) is -16.4. The summed E-state index contributed by atoms with van der Waals surface area (Å²) >= 11 is 0. The Morgan fingerprint density at radius 1 is 0.593 bits per heavy atom. The van der Waals surface area contributed by atoms with Crippen LogP contribution in [-0.4, -0.2) is 19.6 Å². The second kappa shape index (κ2) is 15.9. The van der Waals surface area contributed by atoms with Gasteiger partial charge in [0.05, 0.1) is 27.8 Å². The van der Waals surface area contributed by atoms with Crippen LogP contribution in [0.15, 0.2) is 146 Å². The molecule has 0 spiro atoms. The molecule has 0 atom stereocenters. The predicted molar refractivity (Wildman–Crippen MR) is 243 cm³/mol. The third-order valence-corrected chi connectivity index (χ3v) is 9.94. The van der Waals surface area contributed by atoms with E-state index in [-0.39, 0.29) is 55.0 Å².